The third kappa shape index (κ3) is 3.20. The molecule has 0 unspecified atom stereocenters. The van der Waals surface area contributed by atoms with Crippen LogP contribution in [0.4, 0.5) is 0 Å². The molecule has 0 radical (unpaired) electrons. The molecule has 0 aliphatic heterocycles. The van der Waals surface area contributed by atoms with Gasteiger partial charge in [-0.25, -0.2) is 19.9 Å². The Hall–Kier alpha value is -3.42. The zero-order chi connectivity index (χ0) is 19.8. The molecule has 0 bridgehead atoms. The number of fused-ring (bicyclic) bond motifs is 1. The minimum absolute atomic E-state index is 0.184. The summed E-state index contributed by atoms with van der Waals surface area (Å²) in [5.41, 5.74) is 2.47. The van der Waals surface area contributed by atoms with Gasteiger partial charge in [-0.1, -0.05) is 41.9 Å². The van der Waals surface area contributed by atoms with Crippen molar-refractivity contribution in [1.82, 2.24) is 24.5 Å². The van der Waals surface area contributed by atoms with Crippen LogP contribution in [0.1, 0.15) is 0 Å². The lowest BCUT2D eigenvalue weighted by atomic mass is 10.2. The van der Waals surface area contributed by atoms with Crippen molar-refractivity contribution in [3.05, 3.63) is 88.7 Å². The fourth-order valence-electron chi connectivity index (χ4n) is 3.02. The summed E-state index contributed by atoms with van der Waals surface area (Å²) in [4.78, 5) is 30.9. The lowest BCUT2D eigenvalue weighted by molar-refractivity contribution is 0.975. The van der Waals surface area contributed by atoms with Crippen LogP contribution >= 0.6 is 22.9 Å². The SMILES string of the molecule is O=c1c2sc(-c3cncnc3)nc2nc(-c2ccccc2)n1-c1ccc(Cl)cc1. The second-order valence-corrected chi connectivity index (χ2v) is 7.65. The van der Waals surface area contributed by atoms with Crippen molar-refractivity contribution in [2.24, 2.45) is 0 Å². The molecule has 0 saturated heterocycles. The Morgan fingerprint density at radius 1 is 0.862 bits per heavy atom. The number of hydrogen-bond acceptors (Lipinski definition) is 6. The second kappa shape index (κ2) is 7.20. The molecule has 5 aromatic rings. The van der Waals surface area contributed by atoms with E-state index in [-0.39, 0.29) is 5.56 Å². The molecule has 5 rings (SSSR count). The van der Waals surface area contributed by atoms with Crippen molar-refractivity contribution in [3.63, 3.8) is 0 Å². The van der Waals surface area contributed by atoms with Gasteiger partial charge in [0, 0.05) is 28.5 Å². The Kier molecular flexibility index (Phi) is 4.38. The molecule has 29 heavy (non-hydrogen) atoms. The lowest BCUT2D eigenvalue weighted by Crippen LogP contribution is -2.21. The van der Waals surface area contributed by atoms with E-state index in [4.69, 9.17) is 16.6 Å². The molecule has 0 aliphatic carbocycles. The highest BCUT2D eigenvalue weighted by Crippen LogP contribution is 2.29. The molecule has 0 saturated carbocycles. The van der Waals surface area contributed by atoms with Crippen molar-refractivity contribution in [2.45, 2.75) is 0 Å². The Balaban J connectivity index is 1.82. The summed E-state index contributed by atoms with van der Waals surface area (Å²) in [7, 11) is 0. The van der Waals surface area contributed by atoms with E-state index in [0.29, 0.717) is 31.9 Å². The Labute approximate surface area is 174 Å². The molecule has 0 spiro atoms. The molecule has 3 aromatic heterocycles. The number of hydrogen-bond donors (Lipinski definition) is 0. The zero-order valence-corrected chi connectivity index (χ0v) is 16.4. The number of nitrogens with zero attached hydrogens (tertiary/aromatic N) is 5. The van der Waals surface area contributed by atoms with Crippen molar-refractivity contribution in [3.8, 4) is 27.6 Å². The molecule has 3 heterocycles. The number of halogens is 1. The minimum atomic E-state index is -0.184. The summed E-state index contributed by atoms with van der Waals surface area (Å²) >= 11 is 7.32. The second-order valence-electron chi connectivity index (χ2n) is 6.22. The summed E-state index contributed by atoms with van der Waals surface area (Å²) < 4.78 is 2.07. The number of benzene rings is 2. The van der Waals surface area contributed by atoms with E-state index in [9.17, 15) is 4.79 Å². The first-order valence-corrected chi connectivity index (χ1v) is 9.90. The smallest absolute Gasteiger partial charge is 0.267 e. The van der Waals surface area contributed by atoms with Crippen LogP contribution in [0.25, 0.3) is 38.0 Å². The number of rotatable bonds is 3. The Morgan fingerprint density at radius 2 is 1.59 bits per heavy atom. The molecule has 6 nitrogen and oxygen atoms in total. The third-order valence-electron chi connectivity index (χ3n) is 4.35. The van der Waals surface area contributed by atoms with Gasteiger partial charge < -0.3 is 0 Å². The molecule has 0 fully saturated rings. The molecule has 2 aromatic carbocycles. The highest BCUT2D eigenvalue weighted by Gasteiger charge is 2.18. The predicted molar refractivity (Wildman–Crippen MR) is 114 cm³/mol. The van der Waals surface area contributed by atoms with Crippen molar-refractivity contribution in [1.29, 1.82) is 0 Å². The molecule has 8 heteroatoms. The van der Waals surface area contributed by atoms with Gasteiger partial charge in [0.2, 0.25) is 0 Å². The van der Waals surface area contributed by atoms with E-state index in [1.165, 1.54) is 17.7 Å². The third-order valence-corrected chi connectivity index (χ3v) is 5.69. The van der Waals surface area contributed by atoms with Crippen LogP contribution in [0.2, 0.25) is 5.02 Å². The van der Waals surface area contributed by atoms with E-state index in [1.807, 2.05) is 30.3 Å². The highest BCUT2D eigenvalue weighted by atomic mass is 35.5. The molecule has 0 N–H and O–H groups in total. The normalized spacial score (nSPS) is 11.1. The summed E-state index contributed by atoms with van der Waals surface area (Å²) in [6, 6.07) is 16.7. The fraction of sp³-hybridized carbons (Fsp3) is 0. The number of aromatic nitrogens is 5. The standard InChI is InChI=1S/C21H12ClN5OS/c22-15-6-8-16(9-7-15)27-19(13-4-2-1-3-5-13)25-18-17(21(27)28)29-20(26-18)14-10-23-12-24-11-14/h1-12H. The van der Waals surface area contributed by atoms with Crippen LogP contribution in [0, 0.1) is 0 Å². The van der Waals surface area contributed by atoms with Gasteiger partial charge in [-0.05, 0) is 24.3 Å². The fourth-order valence-corrected chi connectivity index (χ4v) is 4.05. The van der Waals surface area contributed by atoms with Crippen molar-refractivity contribution in [2.75, 3.05) is 0 Å². The van der Waals surface area contributed by atoms with Crippen LogP contribution in [-0.4, -0.2) is 24.5 Å². The van der Waals surface area contributed by atoms with E-state index in [1.54, 1.807) is 41.2 Å². The molecule has 0 aliphatic rings. The first kappa shape index (κ1) is 17.7. The van der Waals surface area contributed by atoms with Crippen LogP contribution in [0.5, 0.6) is 0 Å². The van der Waals surface area contributed by atoms with Gasteiger partial charge in [0.05, 0.1) is 5.69 Å². The number of thiazole rings is 1. The molecule has 0 amide bonds. The van der Waals surface area contributed by atoms with Gasteiger partial charge in [0.1, 0.15) is 21.9 Å². The highest BCUT2D eigenvalue weighted by molar-refractivity contribution is 7.21. The van der Waals surface area contributed by atoms with Crippen LogP contribution in [0.15, 0.2) is 78.1 Å². The van der Waals surface area contributed by atoms with Gasteiger partial charge in [0.15, 0.2) is 5.65 Å². The lowest BCUT2D eigenvalue weighted by Gasteiger charge is -2.12. The van der Waals surface area contributed by atoms with Crippen LogP contribution in [0.3, 0.4) is 0 Å². The minimum Gasteiger partial charge on any atom is -0.267 e. The van der Waals surface area contributed by atoms with Gasteiger partial charge >= 0.3 is 0 Å². The quantitative estimate of drug-likeness (QED) is 0.428. The van der Waals surface area contributed by atoms with E-state index < -0.39 is 0 Å². The molecular formula is C21H12ClN5OS. The molecular weight excluding hydrogens is 406 g/mol. The summed E-state index contributed by atoms with van der Waals surface area (Å²) in [5, 5.41) is 1.25. The van der Waals surface area contributed by atoms with E-state index in [2.05, 4.69) is 15.0 Å². The van der Waals surface area contributed by atoms with E-state index >= 15 is 0 Å². The predicted octanol–water partition coefficient (Wildman–Crippen LogP) is 4.62. The van der Waals surface area contributed by atoms with Crippen molar-refractivity contribution >= 4 is 33.3 Å². The monoisotopic (exact) mass is 417 g/mol. The summed E-state index contributed by atoms with van der Waals surface area (Å²) in [5.74, 6) is 0.520. The largest absolute Gasteiger partial charge is 0.278 e. The maximum Gasteiger partial charge on any atom is 0.278 e. The molecule has 140 valence electrons. The van der Waals surface area contributed by atoms with Gasteiger partial charge in [-0.3, -0.25) is 9.36 Å². The maximum absolute atomic E-state index is 13.5. The maximum atomic E-state index is 13.5. The van der Waals surface area contributed by atoms with Crippen LogP contribution in [-0.2, 0) is 0 Å². The summed E-state index contributed by atoms with van der Waals surface area (Å²) in [6.45, 7) is 0. The topological polar surface area (TPSA) is 73.6 Å². The van der Waals surface area contributed by atoms with Crippen LogP contribution < -0.4 is 5.56 Å². The molecule has 0 atom stereocenters. The average molecular weight is 418 g/mol. The first-order valence-electron chi connectivity index (χ1n) is 8.71. The van der Waals surface area contributed by atoms with Gasteiger partial charge in [-0.15, -0.1) is 11.3 Å². The van der Waals surface area contributed by atoms with Gasteiger partial charge in [0.25, 0.3) is 5.56 Å². The Bertz CT molecular complexity index is 1370. The Morgan fingerprint density at radius 3 is 2.31 bits per heavy atom. The zero-order valence-electron chi connectivity index (χ0n) is 14.9. The summed E-state index contributed by atoms with van der Waals surface area (Å²) in [6.07, 6.45) is 4.79. The average Bonchev–Trinajstić information content (AvgIpc) is 3.21. The van der Waals surface area contributed by atoms with E-state index in [0.717, 1.165) is 11.1 Å². The first-order chi connectivity index (χ1) is 14.2. The van der Waals surface area contributed by atoms with Gasteiger partial charge in [-0.2, -0.15) is 0 Å². The van der Waals surface area contributed by atoms with Crippen molar-refractivity contribution < 1.29 is 0 Å².